The Balaban J connectivity index is 1.94. The average Bonchev–Trinajstić information content (AvgIpc) is 2.78. The molecule has 0 amide bonds. The van der Waals surface area contributed by atoms with Gasteiger partial charge in [-0.25, -0.2) is 4.98 Å². The summed E-state index contributed by atoms with van der Waals surface area (Å²) in [4.78, 5) is 4.87. The molecule has 1 aromatic rings. The minimum Gasteiger partial charge on any atom is -0.381 e. The highest BCUT2D eigenvalue weighted by Crippen LogP contribution is 2.31. The molecule has 17 heavy (non-hydrogen) atoms. The van der Waals surface area contributed by atoms with E-state index >= 15 is 0 Å². The van der Waals surface area contributed by atoms with E-state index < -0.39 is 0 Å². The fourth-order valence-electron chi connectivity index (χ4n) is 3.08. The first-order valence-electron chi connectivity index (χ1n) is 6.76. The summed E-state index contributed by atoms with van der Waals surface area (Å²) in [6, 6.07) is 0. The molecule has 0 unspecified atom stereocenters. The van der Waals surface area contributed by atoms with Crippen LogP contribution in [0.5, 0.6) is 0 Å². The number of nitrogens with two attached hydrogens (primary N) is 1. The topological polar surface area (TPSA) is 53.1 Å². The van der Waals surface area contributed by atoms with Crippen LogP contribution in [0.1, 0.15) is 48.8 Å². The van der Waals surface area contributed by atoms with Crippen molar-refractivity contribution in [3.8, 4) is 0 Å². The number of imidazole rings is 1. The lowest BCUT2D eigenvalue weighted by Gasteiger charge is -2.22. The minimum absolute atomic E-state index is 0.570. The molecule has 1 fully saturated rings. The van der Waals surface area contributed by atoms with E-state index in [1.807, 2.05) is 0 Å². The number of hydrogen-bond donors (Lipinski definition) is 1. The molecule has 0 atom stereocenters. The largest absolute Gasteiger partial charge is 0.381 e. The van der Waals surface area contributed by atoms with Gasteiger partial charge in [-0.15, -0.1) is 0 Å². The molecule has 1 aromatic heterocycles. The third-order valence-electron chi connectivity index (χ3n) is 4.02. The van der Waals surface area contributed by atoms with Crippen molar-refractivity contribution in [2.24, 2.45) is 5.73 Å². The van der Waals surface area contributed by atoms with Crippen molar-refractivity contribution in [2.45, 2.75) is 51.1 Å². The van der Waals surface area contributed by atoms with Crippen LogP contribution < -0.4 is 5.73 Å². The Morgan fingerprint density at radius 2 is 2.12 bits per heavy atom. The van der Waals surface area contributed by atoms with Crippen LogP contribution in [-0.2, 0) is 24.2 Å². The highest BCUT2D eigenvalue weighted by molar-refractivity contribution is 5.23. The molecule has 0 spiro atoms. The number of rotatable bonds is 2. The van der Waals surface area contributed by atoms with Crippen molar-refractivity contribution in [3.63, 3.8) is 0 Å². The Hall–Kier alpha value is -0.870. The second-order valence-corrected chi connectivity index (χ2v) is 5.06. The van der Waals surface area contributed by atoms with Crippen LogP contribution in [0, 0.1) is 0 Å². The quantitative estimate of drug-likeness (QED) is 0.846. The molecule has 4 nitrogen and oxygen atoms in total. The fourth-order valence-corrected chi connectivity index (χ4v) is 3.08. The van der Waals surface area contributed by atoms with Gasteiger partial charge in [0, 0.05) is 38.6 Å². The minimum atomic E-state index is 0.570. The fraction of sp³-hybridized carbons (Fsp3) is 0.769. The van der Waals surface area contributed by atoms with Gasteiger partial charge in [0.1, 0.15) is 5.82 Å². The Kier molecular flexibility index (Phi) is 3.16. The van der Waals surface area contributed by atoms with E-state index in [0.29, 0.717) is 12.5 Å². The van der Waals surface area contributed by atoms with Gasteiger partial charge in [-0.2, -0.15) is 0 Å². The summed E-state index contributed by atoms with van der Waals surface area (Å²) in [6.07, 6.45) is 5.86. The first kappa shape index (κ1) is 11.2. The SMILES string of the molecule is NCc1c(C2CCOCC2)nc2n1CCCC2. The summed E-state index contributed by atoms with van der Waals surface area (Å²) in [7, 11) is 0. The highest BCUT2D eigenvalue weighted by atomic mass is 16.5. The smallest absolute Gasteiger partial charge is 0.109 e. The van der Waals surface area contributed by atoms with Gasteiger partial charge in [0.25, 0.3) is 0 Å². The molecular weight excluding hydrogens is 214 g/mol. The van der Waals surface area contributed by atoms with Gasteiger partial charge >= 0.3 is 0 Å². The van der Waals surface area contributed by atoms with E-state index in [4.69, 9.17) is 15.5 Å². The summed E-state index contributed by atoms with van der Waals surface area (Å²) in [5, 5.41) is 0. The van der Waals surface area contributed by atoms with Gasteiger partial charge < -0.3 is 15.0 Å². The zero-order valence-corrected chi connectivity index (χ0v) is 10.3. The van der Waals surface area contributed by atoms with E-state index in [0.717, 1.165) is 39.0 Å². The first-order chi connectivity index (χ1) is 8.40. The van der Waals surface area contributed by atoms with Gasteiger partial charge in [0.2, 0.25) is 0 Å². The number of fused-ring (bicyclic) bond motifs is 1. The Morgan fingerprint density at radius 1 is 1.29 bits per heavy atom. The summed E-state index contributed by atoms with van der Waals surface area (Å²) in [5.74, 6) is 1.83. The molecular formula is C13H21N3O. The summed E-state index contributed by atoms with van der Waals surface area (Å²) in [6.45, 7) is 3.48. The van der Waals surface area contributed by atoms with Gasteiger partial charge in [0.05, 0.1) is 11.4 Å². The van der Waals surface area contributed by atoms with Gasteiger partial charge in [-0.3, -0.25) is 0 Å². The Morgan fingerprint density at radius 3 is 2.88 bits per heavy atom. The standard InChI is InChI=1S/C13H21N3O/c14-9-11-13(10-4-7-17-8-5-10)15-12-3-1-2-6-16(11)12/h10H,1-9,14H2. The molecule has 3 rings (SSSR count). The van der Waals surface area contributed by atoms with Gasteiger partial charge in [-0.05, 0) is 25.7 Å². The zero-order chi connectivity index (χ0) is 11.7. The number of hydrogen-bond acceptors (Lipinski definition) is 3. The predicted octanol–water partition coefficient (Wildman–Crippen LogP) is 1.57. The van der Waals surface area contributed by atoms with Crippen LogP contribution in [0.2, 0.25) is 0 Å². The molecule has 0 aromatic carbocycles. The molecule has 2 N–H and O–H groups in total. The second kappa shape index (κ2) is 4.78. The number of ether oxygens (including phenoxy) is 1. The Labute approximate surface area is 102 Å². The number of aryl methyl sites for hydroxylation is 1. The third kappa shape index (κ3) is 2.00. The van der Waals surface area contributed by atoms with Crippen LogP contribution in [0.4, 0.5) is 0 Å². The van der Waals surface area contributed by atoms with Gasteiger partial charge in [-0.1, -0.05) is 0 Å². The van der Waals surface area contributed by atoms with Crippen molar-refractivity contribution >= 4 is 0 Å². The average molecular weight is 235 g/mol. The molecule has 1 saturated heterocycles. The maximum absolute atomic E-state index is 5.93. The van der Waals surface area contributed by atoms with E-state index in [1.165, 1.54) is 30.1 Å². The summed E-state index contributed by atoms with van der Waals surface area (Å²) in [5.41, 5.74) is 8.49. The van der Waals surface area contributed by atoms with Gasteiger partial charge in [0.15, 0.2) is 0 Å². The monoisotopic (exact) mass is 235 g/mol. The lowest BCUT2D eigenvalue weighted by molar-refractivity contribution is 0.0843. The van der Waals surface area contributed by atoms with Crippen molar-refractivity contribution < 1.29 is 4.74 Å². The van der Waals surface area contributed by atoms with Crippen LogP contribution in [0.3, 0.4) is 0 Å². The van der Waals surface area contributed by atoms with E-state index in [1.54, 1.807) is 0 Å². The third-order valence-corrected chi connectivity index (χ3v) is 4.02. The maximum Gasteiger partial charge on any atom is 0.109 e. The van der Waals surface area contributed by atoms with Crippen molar-refractivity contribution in [1.29, 1.82) is 0 Å². The molecule has 0 aliphatic carbocycles. The predicted molar refractivity (Wildman–Crippen MR) is 65.9 cm³/mol. The molecule has 0 bridgehead atoms. The number of nitrogens with zero attached hydrogens (tertiary/aromatic N) is 2. The van der Waals surface area contributed by atoms with Crippen molar-refractivity contribution in [2.75, 3.05) is 13.2 Å². The number of aromatic nitrogens is 2. The van der Waals surface area contributed by atoms with Crippen LogP contribution in [-0.4, -0.2) is 22.8 Å². The highest BCUT2D eigenvalue weighted by Gasteiger charge is 2.25. The first-order valence-corrected chi connectivity index (χ1v) is 6.76. The molecule has 0 radical (unpaired) electrons. The summed E-state index contributed by atoms with van der Waals surface area (Å²) >= 11 is 0. The van der Waals surface area contributed by atoms with E-state index in [-0.39, 0.29) is 0 Å². The Bertz CT molecular complexity index is 394. The second-order valence-electron chi connectivity index (χ2n) is 5.06. The van der Waals surface area contributed by atoms with E-state index in [2.05, 4.69) is 4.57 Å². The van der Waals surface area contributed by atoms with Crippen LogP contribution in [0.15, 0.2) is 0 Å². The molecule has 2 aliphatic heterocycles. The normalized spacial score (nSPS) is 21.5. The molecule has 94 valence electrons. The molecule has 3 heterocycles. The van der Waals surface area contributed by atoms with Crippen molar-refractivity contribution in [1.82, 2.24) is 9.55 Å². The lowest BCUT2D eigenvalue weighted by atomic mass is 9.95. The zero-order valence-electron chi connectivity index (χ0n) is 10.3. The molecule has 2 aliphatic rings. The van der Waals surface area contributed by atoms with Crippen molar-refractivity contribution in [3.05, 3.63) is 17.2 Å². The maximum atomic E-state index is 5.93. The molecule has 0 saturated carbocycles. The van der Waals surface area contributed by atoms with Crippen LogP contribution >= 0.6 is 0 Å². The van der Waals surface area contributed by atoms with E-state index in [9.17, 15) is 0 Å². The summed E-state index contributed by atoms with van der Waals surface area (Å²) < 4.78 is 7.80. The van der Waals surface area contributed by atoms with Crippen LogP contribution in [0.25, 0.3) is 0 Å². The lowest BCUT2D eigenvalue weighted by Crippen LogP contribution is -2.18. The molecule has 4 heteroatoms.